The highest BCUT2D eigenvalue weighted by atomic mass is 19.1. The first-order chi connectivity index (χ1) is 7.79. The molecule has 0 aromatic carbocycles. The van der Waals surface area contributed by atoms with Crippen molar-refractivity contribution in [1.29, 1.82) is 0 Å². The maximum Gasteiger partial charge on any atom is 0.218 e. The van der Waals surface area contributed by atoms with E-state index in [1.54, 1.807) is 0 Å². The van der Waals surface area contributed by atoms with E-state index in [2.05, 4.69) is 10.3 Å². The van der Waals surface area contributed by atoms with Crippen molar-refractivity contribution in [2.45, 2.75) is 19.6 Å². The highest BCUT2D eigenvalue weighted by molar-refractivity contribution is 5.26. The minimum absolute atomic E-state index is 0.0540. The maximum absolute atomic E-state index is 13.0. The van der Waals surface area contributed by atoms with Gasteiger partial charge >= 0.3 is 0 Å². The van der Waals surface area contributed by atoms with Crippen LogP contribution in [0.2, 0.25) is 0 Å². The number of hydrogen-bond acceptors (Lipinski definition) is 4. The summed E-state index contributed by atoms with van der Waals surface area (Å²) in [5.74, 6) is 0.153. The Balaban J connectivity index is 2.07. The standard InChI is InChI=1S/C11H15FN2O2/c1-2-13-4-8-3-9(12)5-14-11(8)16-10-6-15-7-10/h3,5,10,13H,2,4,6-7H2,1H3. The van der Waals surface area contributed by atoms with Crippen molar-refractivity contribution in [3.8, 4) is 5.88 Å². The largest absolute Gasteiger partial charge is 0.469 e. The molecule has 1 aromatic rings. The topological polar surface area (TPSA) is 43.4 Å². The lowest BCUT2D eigenvalue weighted by atomic mass is 10.2. The zero-order valence-corrected chi connectivity index (χ0v) is 9.20. The molecular formula is C11H15FN2O2. The van der Waals surface area contributed by atoms with Gasteiger partial charge in [0.1, 0.15) is 11.9 Å². The molecule has 16 heavy (non-hydrogen) atoms. The van der Waals surface area contributed by atoms with Gasteiger partial charge in [-0.3, -0.25) is 0 Å². The molecule has 2 rings (SSSR count). The second kappa shape index (κ2) is 5.23. The molecule has 1 aliphatic rings. The second-order valence-corrected chi connectivity index (χ2v) is 3.68. The third-order valence-electron chi connectivity index (χ3n) is 2.34. The molecule has 1 aromatic heterocycles. The van der Waals surface area contributed by atoms with Gasteiger partial charge in [-0.2, -0.15) is 0 Å². The normalized spacial score (nSPS) is 15.9. The first kappa shape index (κ1) is 11.3. The Morgan fingerprint density at radius 2 is 2.44 bits per heavy atom. The third kappa shape index (κ3) is 2.68. The average molecular weight is 226 g/mol. The number of aromatic nitrogens is 1. The number of nitrogens with one attached hydrogen (secondary N) is 1. The first-order valence-corrected chi connectivity index (χ1v) is 5.39. The van der Waals surface area contributed by atoms with Crippen LogP contribution >= 0.6 is 0 Å². The van der Waals surface area contributed by atoms with Gasteiger partial charge in [-0.05, 0) is 12.6 Å². The molecule has 0 radical (unpaired) electrons. The number of nitrogens with zero attached hydrogens (tertiary/aromatic N) is 1. The van der Waals surface area contributed by atoms with Gasteiger partial charge < -0.3 is 14.8 Å². The van der Waals surface area contributed by atoms with E-state index in [0.717, 1.165) is 12.1 Å². The summed E-state index contributed by atoms with van der Waals surface area (Å²) < 4.78 is 23.6. The lowest BCUT2D eigenvalue weighted by molar-refractivity contribution is -0.0817. The summed E-state index contributed by atoms with van der Waals surface area (Å²) in [6.45, 7) is 4.54. The van der Waals surface area contributed by atoms with E-state index in [9.17, 15) is 4.39 Å². The molecule has 1 fully saturated rings. The number of hydrogen-bond donors (Lipinski definition) is 1. The summed E-state index contributed by atoms with van der Waals surface area (Å²) in [6.07, 6.45) is 1.22. The van der Waals surface area contributed by atoms with Crippen LogP contribution in [0.1, 0.15) is 12.5 Å². The second-order valence-electron chi connectivity index (χ2n) is 3.68. The third-order valence-corrected chi connectivity index (χ3v) is 2.34. The van der Waals surface area contributed by atoms with Crippen LogP contribution in [-0.2, 0) is 11.3 Å². The minimum atomic E-state index is -0.342. The predicted molar refractivity (Wildman–Crippen MR) is 56.8 cm³/mol. The van der Waals surface area contributed by atoms with Gasteiger partial charge in [0.15, 0.2) is 0 Å². The van der Waals surface area contributed by atoms with Gasteiger partial charge in [0, 0.05) is 12.1 Å². The molecule has 0 amide bonds. The fourth-order valence-electron chi connectivity index (χ4n) is 1.40. The van der Waals surface area contributed by atoms with Crippen LogP contribution in [0.5, 0.6) is 5.88 Å². The van der Waals surface area contributed by atoms with Crippen LogP contribution in [0.4, 0.5) is 4.39 Å². The molecule has 2 heterocycles. The Kier molecular flexibility index (Phi) is 3.69. The molecule has 88 valence electrons. The number of ether oxygens (including phenoxy) is 2. The molecule has 1 saturated heterocycles. The van der Waals surface area contributed by atoms with Crippen molar-refractivity contribution in [3.05, 3.63) is 23.6 Å². The van der Waals surface area contributed by atoms with Gasteiger partial charge in [-0.25, -0.2) is 9.37 Å². The van der Waals surface area contributed by atoms with Gasteiger partial charge in [0.25, 0.3) is 0 Å². The Morgan fingerprint density at radius 3 is 3.06 bits per heavy atom. The summed E-state index contributed by atoms with van der Waals surface area (Å²) in [7, 11) is 0. The van der Waals surface area contributed by atoms with Crippen molar-refractivity contribution >= 4 is 0 Å². The Bertz CT molecular complexity index is 356. The number of rotatable bonds is 5. The Morgan fingerprint density at radius 1 is 1.62 bits per heavy atom. The molecule has 0 saturated carbocycles. The lowest BCUT2D eigenvalue weighted by Gasteiger charge is -2.27. The monoisotopic (exact) mass is 226 g/mol. The molecule has 1 N–H and O–H groups in total. The van der Waals surface area contributed by atoms with E-state index in [4.69, 9.17) is 9.47 Å². The lowest BCUT2D eigenvalue weighted by Crippen LogP contribution is -2.39. The molecule has 0 bridgehead atoms. The summed E-state index contributed by atoms with van der Waals surface area (Å²) in [5, 5.41) is 3.12. The van der Waals surface area contributed by atoms with Crippen LogP contribution in [0.25, 0.3) is 0 Å². The summed E-state index contributed by atoms with van der Waals surface area (Å²) in [4.78, 5) is 3.96. The molecule has 0 aliphatic carbocycles. The zero-order valence-electron chi connectivity index (χ0n) is 9.20. The highest BCUT2D eigenvalue weighted by Crippen LogP contribution is 2.19. The molecule has 5 heteroatoms. The van der Waals surface area contributed by atoms with E-state index in [1.807, 2.05) is 6.92 Å². The number of pyridine rings is 1. The summed E-state index contributed by atoms with van der Waals surface area (Å²) in [6, 6.07) is 1.45. The zero-order chi connectivity index (χ0) is 11.4. The number of halogens is 1. The van der Waals surface area contributed by atoms with Crippen molar-refractivity contribution < 1.29 is 13.9 Å². The molecule has 0 spiro atoms. The van der Waals surface area contributed by atoms with Crippen molar-refractivity contribution in [1.82, 2.24) is 10.3 Å². The SMILES string of the molecule is CCNCc1cc(F)cnc1OC1COC1. The van der Waals surface area contributed by atoms with Gasteiger partial charge in [-0.1, -0.05) is 6.92 Å². The van der Waals surface area contributed by atoms with Gasteiger partial charge in [-0.15, -0.1) is 0 Å². The van der Waals surface area contributed by atoms with E-state index in [-0.39, 0.29) is 11.9 Å². The van der Waals surface area contributed by atoms with Crippen LogP contribution in [0.3, 0.4) is 0 Å². The molecule has 1 aliphatic heterocycles. The summed E-state index contributed by atoms with van der Waals surface area (Å²) >= 11 is 0. The molecular weight excluding hydrogens is 211 g/mol. The van der Waals surface area contributed by atoms with Crippen molar-refractivity contribution in [3.63, 3.8) is 0 Å². The fourth-order valence-corrected chi connectivity index (χ4v) is 1.40. The Labute approximate surface area is 93.8 Å². The highest BCUT2D eigenvalue weighted by Gasteiger charge is 2.22. The smallest absolute Gasteiger partial charge is 0.218 e. The molecule has 0 unspecified atom stereocenters. The average Bonchev–Trinajstić information content (AvgIpc) is 2.22. The van der Waals surface area contributed by atoms with E-state index >= 15 is 0 Å². The van der Waals surface area contributed by atoms with E-state index in [1.165, 1.54) is 12.3 Å². The van der Waals surface area contributed by atoms with Crippen LogP contribution < -0.4 is 10.1 Å². The Hall–Kier alpha value is -1.20. The van der Waals surface area contributed by atoms with Crippen molar-refractivity contribution in [2.75, 3.05) is 19.8 Å². The summed E-state index contributed by atoms with van der Waals surface area (Å²) in [5.41, 5.74) is 0.744. The van der Waals surface area contributed by atoms with E-state index < -0.39 is 0 Å². The first-order valence-electron chi connectivity index (χ1n) is 5.39. The quantitative estimate of drug-likeness (QED) is 0.816. The molecule has 4 nitrogen and oxygen atoms in total. The predicted octanol–water partition coefficient (Wildman–Crippen LogP) is 1.11. The molecule has 0 atom stereocenters. The van der Waals surface area contributed by atoms with Crippen molar-refractivity contribution in [2.24, 2.45) is 0 Å². The van der Waals surface area contributed by atoms with Crippen LogP contribution in [0.15, 0.2) is 12.3 Å². The minimum Gasteiger partial charge on any atom is -0.469 e. The van der Waals surface area contributed by atoms with Gasteiger partial charge in [0.2, 0.25) is 5.88 Å². The fraction of sp³-hybridized carbons (Fsp3) is 0.545. The maximum atomic E-state index is 13.0. The van der Waals surface area contributed by atoms with Gasteiger partial charge in [0.05, 0.1) is 19.4 Å². The van der Waals surface area contributed by atoms with Crippen LogP contribution in [-0.4, -0.2) is 30.8 Å². The van der Waals surface area contributed by atoms with E-state index in [0.29, 0.717) is 25.6 Å². The van der Waals surface area contributed by atoms with Crippen LogP contribution in [0, 0.1) is 5.82 Å².